The number of hydrogen-bond acceptors (Lipinski definition) is 7. The minimum Gasteiger partial charge on any atom is -0.379 e. The second kappa shape index (κ2) is 9.06. The molecule has 5 rings (SSSR count). The Kier molecular flexibility index (Phi) is 5.83. The second-order valence-electron chi connectivity index (χ2n) is 7.87. The molecule has 1 saturated heterocycles. The third-order valence-corrected chi connectivity index (χ3v) is 5.55. The number of nitrogens with zero attached hydrogens (tertiary/aromatic N) is 5. The first kappa shape index (κ1) is 20.6. The van der Waals surface area contributed by atoms with E-state index in [0.717, 1.165) is 84.6 Å². The Morgan fingerprint density at radius 2 is 1.97 bits per heavy atom. The first-order valence-electron chi connectivity index (χ1n) is 10.8. The number of fused-ring (bicyclic) bond motifs is 1. The van der Waals surface area contributed by atoms with Crippen molar-refractivity contribution in [3.05, 3.63) is 48.3 Å². The highest BCUT2D eigenvalue weighted by Gasteiger charge is 2.20. The van der Waals surface area contributed by atoms with E-state index in [4.69, 9.17) is 22.6 Å². The Labute approximate surface area is 187 Å². The summed E-state index contributed by atoms with van der Waals surface area (Å²) in [4.78, 5) is 16.3. The largest absolute Gasteiger partial charge is 0.379 e. The molecule has 0 spiro atoms. The van der Waals surface area contributed by atoms with Crippen LogP contribution >= 0.6 is 0 Å². The Hall–Kier alpha value is -3.30. The summed E-state index contributed by atoms with van der Waals surface area (Å²) in [5.74, 6) is 0.750. The minimum absolute atomic E-state index is 0.582. The lowest BCUT2D eigenvalue weighted by molar-refractivity contribution is 0.0398. The van der Waals surface area contributed by atoms with Crippen LogP contribution in [0.5, 0.6) is 0 Å². The van der Waals surface area contributed by atoms with Crippen LogP contribution in [0.15, 0.2) is 42.6 Å². The molecule has 0 aliphatic carbocycles. The molecule has 2 radical (unpaired) electrons. The van der Waals surface area contributed by atoms with Crippen molar-refractivity contribution in [3.63, 3.8) is 0 Å². The third kappa shape index (κ3) is 4.35. The summed E-state index contributed by atoms with van der Waals surface area (Å²) in [7, 11) is 5.94. The molecule has 4 aromatic rings. The molecule has 0 bridgehead atoms. The van der Waals surface area contributed by atoms with Crippen LogP contribution in [-0.4, -0.2) is 77.3 Å². The third-order valence-electron chi connectivity index (χ3n) is 5.55. The molecule has 8 nitrogen and oxygen atoms in total. The highest BCUT2D eigenvalue weighted by atomic mass is 16.5. The molecule has 4 aromatic heterocycles. The van der Waals surface area contributed by atoms with Gasteiger partial charge in [0.05, 0.1) is 46.9 Å². The number of aromatic nitrogens is 5. The lowest BCUT2D eigenvalue weighted by Crippen LogP contribution is -2.39. The predicted octanol–water partition coefficient (Wildman–Crippen LogP) is 1.93. The summed E-state index contributed by atoms with van der Waals surface area (Å²) in [6.45, 7) is 7.14. The van der Waals surface area contributed by atoms with Crippen LogP contribution in [0.3, 0.4) is 0 Å². The summed E-state index contributed by atoms with van der Waals surface area (Å²) in [5.41, 5.74) is 6.37. The molecular weight excluding hydrogens is 401 g/mol. The molecule has 9 heteroatoms. The zero-order chi connectivity index (χ0) is 21.9. The van der Waals surface area contributed by atoms with Crippen LogP contribution < -0.4 is 10.8 Å². The van der Waals surface area contributed by atoms with Gasteiger partial charge in [0, 0.05) is 38.1 Å². The molecule has 0 amide bonds. The Balaban J connectivity index is 1.51. The number of pyridine rings is 3. The summed E-state index contributed by atoms with van der Waals surface area (Å²) < 4.78 is 5.44. The van der Waals surface area contributed by atoms with Crippen molar-refractivity contribution < 1.29 is 4.74 Å². The SMILES string of the molecule is [B]c1cnc2ccc(-c3c(NCCN4CCOCC4)n[nH]c3-c3cccc(C)n3)nc2c1. The van der Waals surface area contributed by atoms with Crippen LogP contribution in [0.4, 0.5) is 5.82 Å². The van der Waals surface area contributed by atoms with Gasteiger partial charge in [0.25, 0.3) is 0 Å². The molecule has 0 aromatic carbocycles. The zero-order valence-electron chi connectivity index (χ0n) is 18.0. The van der Waals surface area contributed by atoms with Gasteiger partial charge in [-0.2, -0.15) is 5.10 Å². The number of anilines is 1. The topological polar surface area (TPSA) is 91.8 Å². The van der Waals surface area contributed by atoms with Crippen LogP contribution in [0, 0.1) is 6.92 Å². The number of rotatable bonds is 6. The predicted molar refractivity (Wildman–Crippen MR) is 126 cm³/mol. The zero-order valence-corrected chi connectivity index (χ0v) is 18.0. The molecule has 2 N–H and O–H groups in total. The molecule has 5 heterocycles. The van der Waals surface area contributed by atoms with E-state index >= 15 is 0 Å². The smallest absolute Gasteiger partial charge is 0.158 e. The van der Waals surface area contributed by atoms with Crippen LogP contribution in [-0.2, 0) is 4.74 Å². The van der Waals surface area contributed by atoms with Crippen molar-refractivity contribution in [2.75, 3.05) is 44.7 Å². The highest BCUT2D eigenvalue weighted by Crippen LogP contribution is 2.35. The molecule has 0 unspecified atom stereocenters. The number of morpholine rings is 1. The van der Waals surface area contributed by atoms with E-state index in [0.29, 0.717) is 5.46 Å². The first-order chi connectivity index (χ1) is 15.7. The van der Waals surface area contributed by atoms with Gasteiger partial charge in [-0.3, -0.25) is 20.0 Å². The van der Waals surface area contributed by atoms with E-state index in [1.807, 2.05) is 43.3 Å². The fraction of sp³-hybridized carbons (Fsp3) is 0.304. The van der Waals surface area contributed by atoms with E-state index in [9.17, 15) is 0 Å². The average Bonchev–Trinajstić information content (AvgIpc) is 3.23. The quantitative estimate of drug-likeness (QED) is 0.456. The number of hydrogen-bond donors (Lipinski definition) is 2. The van der Waals surface area contributed by atoms with Crippen molar-refractivity contribution >= 4 is 30.2 Å². The van der Waals surface area contributed by atoms with Gasteiger partial charge in [0.2, 0.25) is 0 Å². The van der Waals surface area contributed by atoms with Crippen molar-refractivity contribution in [1.82, 2.24) is 30.0 Å². The lowest BCUT2D eigenvalue weighted by atomic mass is 9.98. The van der Waals surface area contributed by atoms with Crippen LogP contribution in [0.25, 0.3) is 33.7 Å². The van der Waals surface area contributed by atoms with Crippen molar-refractivity contribution in [2.45, 2.75) is 6.92 Å². The monoisotopic (exact) mass is 425 g/mol. The van der Waals surface area contributed by atoms with E-state index in [1.165, 1.54) is 0 Å². The maximum atomic E-state index is 5.94. The number of ether oxygens (including phenoxy) is 1. The summed E-state index contributed by atoms with van der Waals surface area (Å²) >= 11 is 0. The lowest BCUT2D eigenvalue weighted by Gasteiger charge is -2.26. The standard InChI is InChI=1S/C23H24BN7O/c1-15-3-2-4-19(27-15)22-21(18-6-5-17-20(28-18)13-16(24)14-26-17)23(30-29-22)25-7-8-31-9-11-32-12-10-31/h2-6,13-14H,7-12H2,1H3,(H2,25,29,30). The molecule has 160 valence electrons. The van der Waals surface area contributed by atoms with Gasteiger partial charge in [0.1, 0.15) is 7.85 Å². The maximum Gasteiger partial charge on any atom is 0.158 e. The van der Waals surface area contributed by atoms with Crippen LogP contribution in [0.2, 0.25) is 0 Å². The molecule has 32 heavy (non-hydrogen) atoms. The Morgan fingerprint density at radius 3 is 2.81 bits per heavy atom. The number of aryl methyl sites for hydroxylation is 1. The van der Waals surface area contributed by atoms with Gasteiger partial charge < -0.3 is 10.1 Å². The van der Waals surface area contributed by atoms with Crippen molar-refractivity contribution in [3.8, 4) is 22.6 Å². The first-order valence-corrected chi connectivity index (χ1v) is 10.8. The fourth-order valence-electron chi connectivity index (χ4n) is 3.91. The second-order valence-corrected chi connectivity index (χ2v) is 7.87. The normalized spacial score (nSPS) is 14.7. The van der Waals surface area contributed by atoms with Gasteiger partial charge in [0.15, 0.2) is 5.82 Å². The van der Waals surface area contributed by atoms with Crippen molar-refractivity contribution in [2.24, 2.45) is 0 Å². The molecule has 0 atom stereocenters. The summed E-state index contributed by atoms with van der Waals surface area (Å²) in [6, 6.07) is 11.7. The Bertz CT molecular complexity index is 1240. The molecule has 1 aliphatic heterocycles. The van der Waals surface area contributed by atoms with Gasteiger partial charge in [-0.15, -0.1) is 0 Å². The summed E-state index contributed by atoms with van der Waals surface area (Å²) in [6.07, 6.45) is 1.64. The van der Waals surface area contributed by atoms with E-state index < -0.39 is 0 Å². The van der Waals surface area contributed by atoms with Gasteiger partial charge in [-0.05, 0) is 37.3 Å². The highest BCUT2D eigenvalue weighted by molar-refractivity contribution is 6.32. The van der Waals surface area contributed by atoms with Gasteiger partial charge in [-0.25, -0.2) is 4.98 Å². The number of nitrogens with one attached hydrogen (secondary N) is 2. The van der Waals surface area contributed by atoms with E-state index in [1.54, 1.807) is 6.20 Å². The van der Waals surface area contributed by atoms with Gasteiger partial charge in [-0.1, -0.05) is 11.5 Å². The van der Waals surface area contributed by atoms with Gasteiger partial charge >= 0.3 is 0 Å². The molecule has 0 saturated carbocycles. The minimum atomic E-state index is 0.582. The van der Waals surface area contributed by atoms with E-state index in [2.05, 4.69) is 25.4 Å². The summed E-state index contributed by atoms with van der Waals surface area (Å²) in [5, 5.41) is 11.2. The van der Waals surface area contributed by atoms with Crippen LogP contribution in [0.1, 0.15) is 5.69 Å². The van der Waals surface area contributed by atoms with Crippen molar-refractivity contribution in [1.29, 1.82) is 0 Å². The maximum absolute atomic E-state index is 5.94. The molecule has 1 fully saturated rings. The fourth-order valence-corrected chi connectivity index (χ4v) is 3.91. The average molecular weight is 425 g/mol. The van der Waals surface area contributed by atoms with E-state index in [-0.39, 0.29) is 0 Å². The number of aromatic amines is 1. The molecular formula is C23H24BN7O. The molecule has 1 aliphatic rings. The number of H-pyrrole nitrogens is 1. The Morgan fingerprint density at radius 1 is 1.09 bits per heavy atom.